The SMILES string of the molecule is COC(=O)C1=CO[C@@H](O[C@@H]2O[C@H](CO)[C@@H](O)[C@H](O)[C@H]2O)[C@H]2[C@@H]1[C@H](OC(=O)c1cc(OC)c(O)c(OC)c1)C[C@]2(C)OC(C)=O. The van der Waals surface area contributed by atoms with E-state index in [1.54, 1.807) is 0 Å². The van der Waals surface area contributed by atoms with Gasteiger partial charge in [-0.25, -0.2) is 9.59 Å². The van der Waals surface area contributed by atoms with Gasteiger partial charge in [0.25, 0.3) is 0 Å². The predicted octanol–water partition coefficient (Wildman–Crippen LogP) is -0.878. The molecule has 0 radical (unpaired) electrons. The average Bonchev–Trinajstić information content (AvgIpc) is 3.27. The standard InChI is InChI=1S/C28H36O16/c1-11(30)44-28(2)8-16(41-24(35)12-6-14(37-3)20(31)15(7-12)38-4)18-13(25(36)39-5)10-40-26(19(18)28)43-27-23(34)22(33)21(32)17(9-29)42-27/h6-7,10,16-19,21-23,26-27,29,31-34H,8-9H2,1-5H3/t16-,17-,18+,19-,21-,22+,23-,26+,27+,28+/m1/s1. The van der Waals surface area contributed by atoms with E-state index < -0.39 is 85.1 Å². The van der Waals surface area contributed by atoms with Gasteiger partial charge in [-0.3, -0.25) is 4.79 Å². The summed E-state index contributed by atoms with van der Waals surface area (Å²) in [4.78, 5) is 38.6. The molecule has 44 heavy (non-hydrogen) atoms. The summed E-state index contributed by atoms with van der Waals surface area (Å²) in [5.74, 6) is -5.11. The summed E-state index contributed by atoms with van der Waals surface area (Å²) in [6.45, 7) is 1.95. The number of rotatable bonds is 9. The van der Waals surface area contributed by atoms with E-state index in [9.17, 15) is 39.9 Å². The van der Waals surface area contributed by atoms with Crippen LogP contribution in [-0.2, 0) is 38.0 Å². The second-order valence-corrected chi connectivity index (χ2v) is 10.7. The first kappa shape index (κ1) is 33.2. The number of benzene rings is 1. The van der Waals surface area contributed by atoms with Gasteiger partial charge in [0.15, 0.2) is 17.8 Å². The Morgan fingerprint density at radius 1 is 0.977 bits per heavy atom. The zero-order valence-electron chi connectivity index (χ0n) is 24.6. The Hall–Kier alpha value is -3.67. The van der Waals surface area contributed by atoms with E-state index in [0.29, 0.717) is 0 Å². The largest absolute Gasteiger partial charge is 0.502 e. The third-order valence-electron chi connectivity index (χ3n) is 7.97. The summed E-state index contributed by atoms with van der Waals surface area (Å²) in [6, 6.07) is 2.45. The molecule has 0 bridgehead atoms. The first-order valence-electron chi connectivity index (χ1n) is 13.6. The van der Waals surface area contributed by atoms with Gasteiger partial charge in [-0.15, -0.1) is 0 Å². The van der Waals surface area contributed by atoms with Crippen molar-refractivity contribution in [3.05, 3.63) is 29.5 Å². The topological polar surface area (TPSA) is 226 Å². The Balaban J connectivity index is 1.72. The van der Waals surface area contributed by atoms with Crippen molar-refractivity contribution in [3.63, 3.8) is 0 Å². The lowest BCUT2D eigenvalue weighted by atomic mass is 9.80. The van der Waals surface area contributed by atoms with E-state index in [1.807, 2.05) is 0 Å². The second kappa shape index (κ2) is 13.1. The molecule has 2 heterocycles. The van der Waals surface area contributed by atoms with Crippen molar-refractivity contribution in [3.8, 4) is 17.2 Å². The van der Waals surface area contributed by atoms with Crippen LogP contribution in [0.1, 0.15) is 30.6 Å². The zero-order chi connectivity index (χ0) is 32.5. The number of aliphatic hydroxyl groups is 4. The number of carbonyl (C=O) groups is 3. The van der Waals surface area contributed by atoms with Crippen LogP contribution in [0.4, 0.5) is 0 Å². The minimum atomic E-state index is -1.80. The van der Waals surface area contributed by atoms with Crippen LogP contribution in [0.15, 0.2) is 24.0 Å². The lowest BCUT2D eigenvalue weighted by molar-refractivity contribution is -0.346. The van der Waals surface area contributed by atoms with Gasteiger partial charge in [0, 0.05) is 19.3 Å². The summed E-state index contributed by atoms with van der Waals surface area (Å²) in [7, 11) is 3.69. The minimum Gasteiger partial charge on any atom is -0.502 e. The van der Waals surface area contributed by atoms with Crippen LogP contribution < -0.4 is 9.47 Å². The number of aromatic hydroxyl groups is 1. The van der Waals surface area contributed by atoms with E-state index in [4.69, 9.17) is 37.9 Å². The number of methoxy groups -OCH3 is 3. The third-order valence-corrected chi connectivity index (χ3v) is 7.97. The normalized spacial score (nSPS) is 34.6. The van der Waals surface area contributed by atoms with Gasteiger partial charge < -0.3 is 63.4 Å². The molecule has 0 unspecified atom stereocenters. The van der Waals surface area contributed by atoms with Crippen molar-refractivity contribution in [2.75, 3.05) is 27.9 Å². The molecule has 16 nitrogen and oxygen atoms in total. The monoisotopic (exact) mass is 628 g/mol. The van der Waals surface area contributed by atoms with Crippen LogP contribution in [0.5, 0.6) is 17.2 Å². The third kappa shape index (κ3) is 6.13. The first-order chi connectivity index (χ1) is 20.8. The molecule has 1 aromatic carbocycles. The maximum absolute atomic E-state index is 13.4. The molecule has 4 rings (SSSR count). The fourth-order valence-corrected chi connectivity index (χ4v) is 5.93. The maximum Gasteiger partial charge on any atom is 0.338 e. The number of ether oxygens (including phenoxy) is 8. The second-order valence-electron chi connectivity index (χ2n) is 10.7. The predicted molar refractivity (Wildman–Crippen MR) is 142 cm³/mol. The Morgan fingerprint density at radius 3 is 2.16 bits per heavy atom. The van der Waals surface area contributed by atoms with Gasteiger partial charge in [-0.2, -0.15) is 0 Å². The summed E-state index contributed by atoms with van der Waals surface area (Å²) >= 11 is 0. The van der Waals surface area contributed by atoms with Gasteiger partial charge in [-0.1, -0.05) is 0 Å². The van der Waals surface area contributed by atoms with Gasteiger partial charge in [0.1, 0.15) is 36.1 Å². The highest BCUT2D eigenvalue weighted by Gasteiger charge is 2.63. The number of phenolic OH excluding ortho intramolecular Hbond substituents is 1. The number of aliphatic hydroxyl groups excluding tert-OH is 4. The van der Waals surface area contributed by atoms with Crippen LogP contribution in [0, 0.1) is 11.8 Å². The molecule has 0 spiro atoms. The number of phenols is 1. The van der Waals surface area contributed by atoms with E-state index in [1.165, 1.54) is 33.3 Å². The molecule has 3 aliphatic rings. The Bertz CT molecular complexity index is 1250. The Labute approximate surface area is 251 Å². The highest BCUT2D eigenvalue weighted by atomic mass is 16.8. The summed E-state index contributed by atoms with van der Waals surface area (Å²) in [5.41, 5.74) is -1.67. The summed E-state index contributed by atoms with van der Waals surface area (Å²) < 4.78 is 43.8. The molecule has 1 aromatic rings. The van der Waals surface area contributed by atoms with Crippen molar-refractivity contribution < 1.29 is 77.8 Å². The van der Waals surface area contributed by atoms with E-state index in [0.717, 1.165) is 20.3 Å². The van der Waals surface area contributed by atoms with E-state index >= 15 is 0 Å². The van der Waals surface area contributed by atoms with Crippen LogP contribution >= 0.6 is 0 Å². The van der Waals surface area contributed by atoms with Crippen LogP contribution in [-0.4, -0.2) is 120 Å². The molecular formula is C28H36O16. The molecule has 244 valence electrons. The lowest BCUT2D eigenvalue weighted by Crippen LogP contribution is -2.61. The maximum atomic E-state index is 13.4. The summed E-state index contributed by atoms with van der Waals surface area (Å²) in [6.07, 6.45) is -9.90. The molecule has 1 saturated heterocycles. The van der Waals surface area contributed by atoms with Crippen molar-refractivity contribution in [2.24, 2.45) is 11.8 Å². The molecule has 1 aliphatic carbocycles. The highest BCUT2D eigenvalue weighted by Crippen LogP contribution is 2.53. The number of esters is 3. The molecule has 1 saturated carbocycles. The average molecular weight is 629 g/mol. The van der Waals surface area contributed by atoms with Crippen molar-refractivity contribution >= 4 is 17.9 Å². The Morgan fingerprint density at radius 2 is 1.61 bits per heavy atom. The molecule has 5 N–H and O–H groups in total. The number of carbonyl (C=O) groups excluding carboxylic acids is 3. The van der Waals surface area contributed by atoms with E-state index in [-0.39, 0.29) is 34.8 Å². The first-order valence-corrected chi connectivity index (χ1v) is 13.6. The molecular weight excluding hydrogens is 592 g/mol. The van der Waals surface area contributed by atoms with Crippen LogP contribution in [0.3, 0.4) is 0 Å². The fourth-order valence-electron chi connectivity index (χ4n) is 5.93. The lowest BCUT2D eigenvalue weighted by Gasteiger charge is -2.44. The quantitative estimate of drug-likeness (QED) is 0.165. The minimum absolute atomic E-state index is 0.0699. The zero-order valence-corrected chi connectivity index (χ0v) is 24.6. The van der Waals surface area contributed by atoms with Gasteiger partial charge in [0.2, 0.25) is 12.0 Å². The highest BCUT2D eigenvalue weighted by molar-refractivity contribution is 5.92. The van der Waals surface area contributed by atoms with Crippen molar-refractivity contribution in [2.45, 2.75) is 69.0 Å². The molecule has 10 atom stereocenters. The smallest absolute Gasteiger partial charge is 0.338 e. The molecule has 2 aliphatic heterocycles. The fraction of sp³-hybridized carbons (Fsp3) is 0.607. The molecule has 2 fully saturated rings. The van der Waals surface area contributed by atoms with Gasteiger partial charge >= 0.3 is 17.9 Å². The van der Waals surface area contributed by atoms with E-state index in [2.05, 4.69) is 0 Å². The molecule has 0 amide bonds. The Kier molecular flexibility index (Phi) is 9.92. The van der Waals surface area contributed by atoms with Gasteiger partial charge in [0.05, 0.1) is 51.3 Å². The number of fused-ring (bicyclic) bond motifs is 1. The van der Waals surface area contributed by atoms with Crippen LogP contribution in [0.2, 0.25) is 0 Å². The van der Waals surface area contributed by atoms with Crippen molar-refractivity contribution in [1.82, 2.24) is 0 Å². The number of hydrogen-bond donors (Lipinski definition) is 5. The molecule has 0 aromatic heterocycles. The summed E-state index contributed by atoms with van der Waals surface area (Å²) in [5, 5.41) is 50.8. The molecule has 16 heteroatoms. The van der Waals surface area contributed by atoms with Crippen LogP contribution in [0.25, 0.3) is 0 Å². The number of hydrogen-bond acceptors (Lipinski definition) is 16. The van der Waals surface area contributed by atoms with Crippen molar-refractivity contribution in [1.29, 1.82) is 0 Å². The van der Waals surface area contributed by atoms with Gasteiger partial charge in [-0.05, 0) is 19.1 Å².